The lowest BCUT2D eigenvalue weighted by Crippen LogP contribution is -2.41. The zero-order valence-corrected chi connectivity index (χ0v) is 13.8. The summed E-state index contributed by atoms with van der Waals surface area (Å²) in [5.74, 6) is -0.0946. The van der Waals surface area contributed by atoms with E-state index in [0.717, 1.165) is 38.2 Å². The molecule has 0 bridgehead atoms. The van der Waals surface area contributed by atoms with Gasteiger partial charge in [0.2, 0.25) is 0 Å². The van der Waals surface area contributed by atoms with Crippen molar-refractivity contribution in [2.45, 2.75) is 6.92 Å². The number of nitrogens with one attached hydrogen (secondary N) is 1. The molecule has 24 heavy (non-hydrogen) atoms. The number of hydrogen-bond donors (Lipinski definition) is 1. The van der Waals surface area contributed by atoms with Crippen molar-refractivity contribution >= 4 is 16.9 Å². The van der Waals surface area contributed by atoms with Gasteiger partial charge in [0, 0.05) is 31.6 Å². The van der Waals surface area contributed by atoms with Crippen molar-refractivity contribution in [2.24, 2.45) is 5.92 Å². The molecular weight excluding hydrogens is 308 g/mol. The summed E-state index contributed by atoms with van der Waals surface area (Å²) in [6.07, 6.45) is 0. The molecule has 1 aliphatic heterocycles. The summed E-state index contributed by atoms with van der Waals surface area (Å²) in [6.45, 7) is 6.87. The predicted octanol–water partition coefficient (Wildman–Crippen LogP) is 1.49. The van der Waals surface area contributed by atoms with Crippen LogP contribution >= 0.6 is 0 Å². The largest absolute Gasteiger partial charge is 0.422 e. The lowest BCUT2D eigenvalue weighted by Gasteiger charge is -2.29. The first kappa shape index (κ1) is 16.7. The Hall–Kier alpha value is -2.18. The molecule has 0 aliphatic carbocycles. The second-order valence-corrected chi connectivity index (χ2v) is 6.21. The van der Waals surface area contributed by atoms with Crippen molar-refractivity contribution in [3.63, 3.8) is 0 Å². The highest BCUT2D eigenvalue weighted by Gasteiger charge is 2.17. The fraction of sp³-hybridized carbons (Fsp3) is 0.444. The number of fused-ring (bicyclic) bond motifs is 1. The summed E-state index contributed by atoms with van der Waals surface area (Å²) in [4.78, 5) is 26.6. The van der Waals surface area contributed by atoms with Crippen LogP contribution in [0.3, 0.4) is 0 Å². The minimum atomic E-state index is -0.605. The van der Waals surface area contributed by atoms with E-state index < -0.39 is 5.63 Å². The zero-order valence-electron chi connectivity index (χ0n) is 13.8. The van der Waals surface area contributed by atoms with Crippen LogP contribution in [0.1, 0.15) is 17.3 Å². The topological polar surface area (TPSA) is 71.8 Å². The average Bonchev–Trinajstić information content (AvgIpc) is 2.60. The van der Waals surface area contributed by atoms with Crippen LogP contribution in [0.2, 0.25) is 0 Å². The van der Waals surface area contributed by atoms with E-state index in [-0.39, 0.29) is 11.5 Å². The van der Waals surface area contributed by atoms with E-state index in [1.54, 1.807) is 18.2 Å². The van der Waals surface area contributed by atoms with Crippen LogP contribution in [0.25, 0.3) is 11.0 Å². The molecule has 1 saturated heterocycles. The van der Waals surface area contributed by atoms with Crippen molar-refractivity contribution in [3.05, 3.63) is 46.3 Å². The number of amides is 1. The number of hydrogen-bond acceptors (Lipinski definition) is 5. The lowest BCUT2D eigenvalue weighted by molar-refractivity contribution is 0.0317. The molecule has 0 spiro atoms. The standard InChI is InChI=1S/C18H22N2O4/c1-13(12-20-6-8-23-9-7-20)11-19-17(21)15-10-14-4-2-3-5-16(14)24-18(15)22/h2-5,10,13H,6-9,11-12H2,1H3,(H,19,21). The third-order valence-electron chi connectivity index (χ3n) is 4.17. The van der Waals surface area contributed by atoms with Crippen molar-refractivity contribution in [1.82, 2.24) is 10.2 Å². The zero-order chi connectivity index (χ0) is 16.9. The Morgan fingerprint density at radius 2 is 2.04 bits per heavy atom. The second kappa shape index (κ2) is 7.59. The third-order valence-corrected chi connectivity index (χ3v) is 4.17. The molecule has 2 aromatic rings. The van der Waals surface area contributed by atoms with Gasteiger partial charge >= 0.3 is 5.63 Å². The van der Waals surface area contributed by atoms with Crippen LogP contribution in [0.15, 0.2) is 39.5 Å². The van der Waals surface area contributed by atoms with Crippen molar-refractivity contribution < 1.29 is 13.9 Å². The summed E-state index contributed by atoms with van der Waals surface area (Å²) in [5.41, 5.74) is -0.0703. The third kappa shape index (κ3) is 4.01. The number of ether oxygens (including phenoxy) is 1. The summed E-state index contributed by atoms with van der Waals surface area (Å²) >= 11 is 0. The molecule has 0 radical (unpaired) electrons. The van der Waals surface area contributed by atoms with Gasteiger partial charge in [0.25, 0.3) is 5.91 Å². The highest BCUT2D eigenvalue weighted by molar-refractivity contribution is 5.96. The van der Waals surface area contributed by atoms with E-state index in [2.05, 4.69) is 17.1 Å². The van der Waals surface area contributed by atoms with E-state index in [0.29, 0.717) is 18.0 Å². The Balaban J connectivity index is 1.60. The molecule has 1 aromatic heterocycles. The Bertz CT molecular complexity index is 765. The summed E-state index contributed by atoms with van der Waals surface area (Å²) in [5, 5.41) is 3.58. The molecule has 0 saturated carbocycles. The molecule has 2 heterocycles. The summed E-state index contributed by atoms with van der Waals surface area (Å²) in [6, 6.07) is 8.74. The van der Waals surface area contributed by atoms with Crippen molar-refractivity contribution in [3.8, 4) is 0 Å². The van der Waals surface area contributed by atoms with Gasteiger partial charge in [-0.05, 0) is 18.1 Å². The molecule has 6 nitrogen and oxygen atoms in total. The number of benzene rings is 1. The van der Waals surface area contributed by atoms with Gasteiger partial charge in [-0.1, -0.05) is 25.1 Å². The molecule has 1 unspecified atom stereocenters. The average molecular weight is 330 g/mol. The molecule has 1 amide bonds. The van der Waals surface area contributed by atoms with E-state index in [9.17, 15) is 9.59 Å². The minimum absolute atomic E-state index is 0.0484. The van der Waals surface area contributed by atoms with E-state index in [1.165, 1.54) is 0 Å². The normalized spacial score (nSPS) is 16.9. The molecule has 1 fully saturated rings. The molecule has 128 valence electrons. The van der Waals surface area contributed by atoms with Gasteiger partial charge in [0.1, 0.15) is 11.1 Å². The Morgan fingerprint density at radius 1 is 1.29 bits per heavy atom. The predicted molar refractivity (Wildman–Crippen MR) is 91.2 cm³/mol. The molecular formula is C18H22N2O4. The maximum Gasteiger partial charge on any atom is 0.349 e. The number of carbonyl (C=O) groups is 1. The lowest BCUT2D eigenvalue weighted by atomic mass is 10.1. The number of carbonyl (C=O) groups excluding carboxylic acids is 1. The number of morpholine rings is 1. The van der Waals surface area contributed by atoms with E-state index in [4.69, 9.17) is 9.15 Å². The Kier molecular flexibility index (Phi) is 5.27. The van der Waals surface area contributed by atoms with Crippen LogP contribution < -0.4 is 10.9 Å². The van der Waals surface area contributed by atoms with Gasteiger partial charge < -0.3 is 14.5 Å². The number of nitrogens with zero attached hydrogens (tertiary/aromatic N) is 1. The summed E-state index contributed by atoms with van der Waals surface area (Å²) < 4.78 is 10.5. The molecule has 1 atom stereocenters. The van der Waals surface area contributed by atoms with Crippen molar-refractivity contribution in [1.29, 1.82) is 0 Å². The van der Waals surface area contributed by atoms with Crippen molar-refractivity contribution in [2.75, 3.05) is 39.4 Å². The first-order chi connectivity index (χ1) is 11.6. The highest BCUT2D eigenvalue weighted by Crippen LogP contribution is 2.12. The first-order valence-corrected chi connectivity index (χ1v) is 8.24. The van der Waals surface area contributed by atoms with Gasteiger partial charge in [-0.2, -0.15) is 0 Å². The highest BCUT2D eigenvalue weighted by atomic mass is 16.5. The maximum absolute atomic E-state index is 12.3. The molecule has 1 N–H and O–H groups in total. The second-order valence-electron chi connectivity index (χ2n) is 6.21. The molecule has 1 aliphatic rings. The first-order valence-electron chi connectivity index (χ1n) is 8.24. The fourth-order valence-corrected chi connectivity index (χ4v) is 2.87. The molecule has 1 aromatic carbocycles. The minimum Gasteiger partial charge on any atom is -0.422 e. The van der Waals surface area contributed by atoms with E-state index in [1.807, 2.05) is 12.1 Å². The van der Waals surface area contributed by atoms with Gasteiger partial charge in [-0.25, -0.2) is 4.79 Å². The summed E-state index contributed by atoms with van der Waals surface area (Å²) in [7, 11) is 0. The Labute approximate surface area is 140 Å². The van der Waals surface area contributed by atoms with Crippen LogP contribution in [0.4, 0.5) is 0 Å². The Morgan fingerprint density at radius 3 is 2.83 bits per heavy atom. The smallest absolute Gasteiger partial charge is 0.349 e. The van der Waals surface area contributed by atoms with Crippen LogP contribution in [-0.2, 0) is 4.74 Å². The van der Waals surface area contributed by atoms with Gasteiger partial charge in [-0.3, -0.25) is 9.69 Å². The molecule has 6 heteroatoms. The van der Waals surface area contributed by atoms with Crippen LogP contribution in [0.5, 0.6) is 0 Å². The van der Waals surface area contributed by atoms with Gasteiger partial charge in [-0.15, -0.1) is 0 Å². The maximum atomic E-state index is 12.3. The van der Waals surface area contributed by atoms with Crippen LogP contribution in [0, 0.1) is 5.92 Å². The van der Waals surface area contributed by atoms with Gasteiger partial charge in [0.05, 0.1) is 13.2 Å². The number of rotatable bonds is 5. The van der Waals surface area contributed by atoms with E-state index >= 15 is 0 Å². The number of para-hydroxylation sites is 1. The quantitative estimate of drug-likeness (QED) is 0.841. The SMILES string of the molecule is CC(CNC(=O)c1cc2ccccc2oc1=O)CN1CCOCC1. The molecule has 3 rings (SSSR count). The van der Waals surface area contributed by atoms with Crippen LogP contribution in [-0.4, -0.2) is 50.2 Å². The van der Waals surface area contributed by atoms with Gasteiger partial charge in [0.15, 0.2) is 0 Å². The monoisotopic (exact) mass is 330 g/mol. The fourth-order valence-electron chi connectivity index (χ4n) is 2.87.